The van der Waals surface area contributed by atoms with Gasteiger partial charge in [0.2, 0.25) is 0 Å². The third-order valence-electron chi connectivity index (χ3n) is 20.6. The molecule has 0 saturated carbocycles. The van der Waals surface area contributed by atoms with Gasteiger partial charge in [-0.05, 0) is 254 Å². The molecular weight excluding hydrogens is 1870 g/mol. The molecule has 14 aromatic rings. The summed E-state index contributed by atoms with van der Waals surface area (Å²) >= 11 is 0. The lowest BCUT2D eigenvalue weighted by Crippen LogP contribution is -2.10. The number of fused-ring (bicyclic) bond motifs is 2. The van der Waals surface area contributed by atoms with Crippen LogP contribution in [0.2, 0.25) is 0 Å². The summed E-state index contributed by atoms with van der Waals surface area (Å²) in [6.07, 6.45) is 0. The van der Waals surface area contributed by atoms with Crippen molar-refractivity contribution in [1.29, 1.82) is 0 Å². The average Bonchev–Trinajstić information content (AvgIpc) is 0.768. The van der Waals surface area contributed by atoms with Gasteiger partial charge in [0.15, 0.2) is 63.6 Å². The van der Waals surface area contributed by atoms with E-state index in [9.17, 15) is 76.7 Å². The zero-order valence-electron chi connectivity index (χ0n) is 85.7. The third kappa shape index (κ3) is 44.5. The van der Waals surface area contributed by atoms with Gasteiger partial charge >= 0.3 is 29.8 Å². The van der Waals surface area contributed by atoms with Crippen LogP contribution < -0.4 is 23.7 Å². The van der Waals surface area contributed by atoms with Gasteiger partial charge < -0.3 is 47.4 Å². The number of hydrogen-bond acceptors (Lipinski definition) is 26. The molecule has 762 valence electrons. The highest BCUT2D eigenvalue weighted by Gasteiger charge is 2.16. The van der Waals surface area contributed by atoms with Crippen molar-refractivity contribution in [3.05, 3.63) is 423 Å². The number of esters is 5. The van der Waals surface area contributed by atoms with Crippen LogP contribution in [0.4, 0.5) is 0 Å². The highest BCUT2D eigenvalue weighted by atomic mass is 16.6. The Kier molecular flexibility index (Phi) is 53.2. The van der Waals surface area contributed by atoms with E-state index >= 15 is 0 Å². The Balaban J connectivity index is 0.000000288. The van der Waals surface area contributed by atoms with Gasteiger partial charge in [-0.25, -0.2) is 14.4 Å². The number of ketones is 11. The molecule has 0 spiro atoms. The van der Waals surface area contributed by atoms with Gasteiger partial charge in [-0.3, -0.25) is 62.3 Å². The first-order chi connectivity index (χ1) is 70.2. The minimum absolute atomic E-state index is 0.00344. The van der Waals surface area contributed by atoms with E-state index in [-0.39, 0.29) is 75.6 Å². The summed E-state index contributed by atoms with van der Waals surface area (Å²) in [5.41, 5.74) is 10.4. The van der Waals surface area contributed by atoms with Crippen LogP contribution in [0.1, 0.15) is 259 Å². The van der Waals surface area contributed by atoms with Crippen LogP contribution in [0.5, 0.6) is 28.7 Å². The van der Waals surface area contributed by atoms with E-state index in [1.54, 1.807) is 266 Å². The first kappa shape index (κ1) is 120. The van der Waals surface area contributed by atoms with Crippen LogP contribution in [0.3, 0.4) is 0 Å². The van der Waals surface area contributed by atoms with Crippen LogP contribution >= 0.6 is 0 Å². The Hall–Kier alpha value is -17.2. The van der Waals surface area contributed by atoms with E-state index in [0.29, 0.717) is 135 Å². The van der Waals surface area contributed by atoms with Crippen molar-refractivity contribution in [3.8, 4) is 28.7 Å². The van der Waals surface area contributed by atoms with Crippen molar-refractivity contribution in [1.82, 2.24) is 0 Å². The number of ether oxygens (including phenoxy) is 10. The molecule has 0 amide bonds. The molecule has 0 fully saturated rings. The number of benzene rings is 14. The van der Waals surface area contributed by atoms with Gasteiger partial charge in [-0.2, -0.15) is 0 Å². The molecule has 147 heavy (non-hydrogen) atoms. The smallest absolute Gasteiger partial charge is 0.343 e. The second-order valence-corrected chi connectivity index (χ2v) is 32.3. The van der Waals surface area contributed by atoms with Gasteiger partial charge in [-0.1, -0.05) is 196 Å². The number of Topliss-reactive ketones (excluding diaryl/α,β-unsaturated/α-hetero) is 10. The quantitative estimate of drug-likeness (QED) is 0.0133. The van der Waals surface area contributed by atoms with Crippen LogP contribution in [-0.2, 0) is 33.3 Å². The fraction of sp³-hybridized carbons (Fsp3) is 0.207. The van der Waals surface area contributed by atoms with Gasteiger partial charge in [0.1, 0.15) is 42.0 Å². The molecule has 14 aromatic carbocycles. The lowest BCUT2D eigenvalue weighted by atomic mass is 9.95. The minimum Gasteiger partial charge on any atom is -0.491 e. The van der Waals surface area contributed by atoms with Gasteiger partial charge in [0.05, 0.1) is 57.3 Å². The maximum absolute atomic E-state index is 12.0. The van der Waals surface area contributed by atoms with Crippen molar-refractivity contribution < 1.29 is 124 Å². The lowest BCUT2D eigenvalue weighted by Gasteiger charge is -2.08. The molecule has 0 radical (unpaired) electrons. The molecule has 26 nitrogen and oxygen atoms in total. The molecule has 0 aliphatic rings. The fourth-order valence-corrected chi connectivity index (χ4v) is 12.7. The molecule has 0 saturated heterocycles. The van der Waals surface area contributed by atoms with E-state index < -0.39 is 17.9 Å². The summed E-state index contributed by atoms with van der Waals surface area (Å²) in [5, 5.41) is 4.32. The van der Waals surface area contributed by atoms with E-state index in [1.165, 1.54) is 81.2 Å². The first-order valence-electron chi connectivity index (χ1n) is 46.3. The Morgan fingerprint density at radius 1 is 0.218 bits per heavy atom. The monoisotopic (exact) mass is 1990 g/mol. The number of methoxy groups -OCH3 is 4. The number of hydrogen-bond donors (Lipinski definition) is 0. The normalized spacial score (nSPS) is 9.90. The maximum Gasteiger partial charge on any atom is 0.343 e. The summed E-state index contributed by atoms with van der Waals surface area (Å²) in [5.74, 6) is 1.53. The summed E-state index contributed by atoms with van der Waals surface area (Å²) in [7, 11) is 5.89. The molecule has 0 aromatic heterocycles. The van der Waals surface area contributed by atoms with Gasteiger partial charge in [-0.15, -0.1) is 0 Å². The Morgan fingerprint density at radius 2 is 0.497 bits per heavy atom. The second kappa shape index (κ2) is 65.1. The zero-order valence-corrected chi connectivity index (χ0v) is 85.7. The lowest BCUT2D eigenvalue weighted by molar-refractivity contribution is -0.132. The Labute approximate surface area is 856 Å². The predicted octanol–water partition coefficient (Wildman–Crippen LogP) is 24.3. The number of carbonyl (C=O) groups excluding carboxylic acids is 16. The van der Waals surface area contributed by atoms with Gasteiger partial charge in [0.25, 0.3) is 0 Å². The van der Waals surface area contributed by atoms with Crippen molar-refractivity contribution in [2.24, 2.45) is 0 Å². The Morgan fingerprint density at radius 3 is 0.871 bits per heavy atom. The zero-order chi connectivity index (χ0) is 108. The molecule has 0 heterocycles. The van der Waals surface area contributed by atoms with Crippen LogP contribution in [0.15, 0.2) is 334 Å². The highest BCUT2D eigenvalue weighted by molar-refractivity contribution is 6.18. The molecule has 14 rings (SSSR count). The number of carbonyl (C=O) groups is 16. The van der Waals surface area contributed by atoms with E-state index in [1.807, 2.05) is 97.1 Å². The molecular formula is C121H122O26. The van der Waals surface area contributed by atoms with E-state index in [4.69, 9.17) is 37.9 Å². The summed E-state index contributed by atoms with van der Waals surface area (Å²) in [6, 6.07) is 97.0. The molecule has 0 aliphatic heterocycles. The van der Waals surface area contributed by atoms with E-state index in [2.05, 4.69) is 29.4 Å². The molecule has 0 aliphatic carbocycles. The topological polar surface area (TPSA) is 365 Å². The Bertz CT molecular complexity index is 6660. The first-order valence-corrected chi connectivity index (χ1v) is 46.3. The number of rotatable bonds is 30. The summed E-state index contributed by atoms with van der Waals surface area (Å²) < 4.78 is 49.6. The molecule has 0 N–H and O–H groups in total. The molecule has 0 atom stereocenters. The van der Waals surface area contributed by atoms with Crippen molar-refractivity contribution in [2.45, 2.75) is 103 Å². The SMILES string of the molecule is CC(=O)Oc1ccc(C(C)=O)cc1.CC(=O)Oc1cccc(C(C)=O)c1.CC(=O)c1c2ccccc2cc2ccccc12.CC(=O)c1ccc(C(=O)c2ccccc2)cc1.CC(=O)c1ccc(C(C)C)cc1.CC(=O)c1ccc(OC(=O)c2ccccc2)cc1.COC(=O)c1ccc(C(C)=O)cc1.COC(=O)c1cccc(C(C)=O)c1.COCCOCCOc1ccc(C(C)=O)cc1.COCCOc1ccc(C(C)=O)cc1. The summed E-state index contributed by atoms with van der Waals surface area (Å²) in [6.45, 7) is 25.4. The molecule has 0 bridgehead atoms. The van der Waals surface area contributed by atoms with Crippen molar-refractivity contribution in [3.63, 3.8) is 0 Å². The fourth-order valence-electron chi connectivity index (χ4n) is 12.7. The maximum atomic E-state index is 12.0. The predicted molar refractivity (Wildman–Crippen MR) is 566 cm³/mol. The van der Waals surface area contributed by atoms with Crippen molar-refractivity contribution in [2.75, 3.05) is 68.1 Å². The third-order valence-corrected chi connectivity index (χ3v) is 20.6. The summed E-state index contributed by atoms with van der Waals surface area (Å²) in [4.78, 5) is 178. The van der Waals surface area contributed by atoms with Crippen molar-refractivity contribution >= 4 is 115 Å². The second-order valence-electron chi connectivity index (χ2n) is 32.3. The standard InChI is InChI=1S/C16H12O.C15H12O3.C15H12O2.C13H18O4.C11H14O3.C11H14O.4C10H10O3/c1-11(17)16-14-8-4-2-6-12(14)10-13-7-3-5-9-15(13)16;1-11(16)12-7-9-14(10-8-12)18-15(17)13-5-3-2-4-6-13;1-11(16)12-7-9-14(10-8-12)15(17)13-5-3-2-4-6-13;1-11(14)12-3-5-13(6-4-12)17-10-9-16-8-7-15-2;1-9(12)10-3-5-11(6-4-10)14-8-7-13-2;1-8(2)10-4-6-11(7-5-10)9(3)12;1-7(11)8-3-5-9(6-4-8)10(12)13-2;1-7(11)9-3-5-10(6-4-9)13-8(2)12;1-7(11)8-4-3-5-9(6-8)10(12)13-2;1-7(11)9-4-3-5-10(6-9)13-8(2)12/h2-10H,1H3;2-10H,1H3;2-10H,1H3;3-6H,7-10H2,1-2H3;3-6H,7-8H2,1-2H3;4-8H,1-3H3;4*3-6H,1-2H3. The highest BCUT2D eigenvalue weighted by Crippen LogP contribution is 2.30. The molecule has 0 unspecified atom stereocenters. The van der Waals surface area contributed by atoms with E-state index in [0.717, 1.165) is 44.2 Å². The average molecular weight is 1990 g/mol. The minimum atomic E-state index is -0.428. The van der Waals surface area contributed by atoms with Gasteiger partial charge in [0, 0.05) is 94.8 Å². The van der Waals surface area contributed by atoms with Crippen LogP contribution in [0, 0.1) is 0 Å². The van der Waals surface area contributed by atoms with Crippen LogP contribution in [-0.4, -0.2) is 162 Å². The largest absolute Gasteiger partial charge is 0.491 e. The molecule has 26 heteroatoms. The van der Waals surface area contributed by atoms with Crippen LogP contribution in [0.25, 0.3) is 21.5 Å².